The minimum absolute atomic E-state index is 0.138. The van der Waals surface area contributed by atoms with E-state index in [1.165, 1.54) is 24.6 Å². The second-order valence-electron chi connectivity index (χ2n) is 5.33. The van der Waals surface area contributed by atoms with Gasteiger partial charge in [0.1, 0.15) is 4.32 Å². The third-order valence-corrected chi connectivity index (χ3v) is 5.44. The van der Waals surface area contributed by atoms with Crippen molar-refractivity contribution >= 4 is 45.0 Å². The lowest BCUT2D eigenvalue weighted by Gasteiger charge is -2.20. The number of thioether (sulfide) groups is 1. The maximum atomic E-state index is 12.7. The molecule has 0 bridgehead atoms. The molecule has 1 atom stereocenters. The first-order chi connectivity index (χ1) is 10.2. The average Bonchev–Trinajstić information content (AvgIpc) is 3.15. The first-order valence-corrected chi connectivity index (χ1v) is 8.51. The Morgan fingerprint density at radius 2 is 2.05 bits per heavy atom. The monoisotopic (exact) mass is 318 g/mol. The molecule has 3 nitrogen and oxygen atoms in total. The van der Waals surface area contributed by atoms with Gasteiger partial charge in [-0.05, 0) is 25.8 Å². The van der Waals surface area contributed by atoms with Crippen LogP contribution in [0.4, 0.5) is 0 Å². The Bertz CT molecular complexity index is 674. The van der Waals surface area contributed by atoms with E-state index in [-0.39, 0.29) is 11.0 Å². The summed E-state index contributed by atoms with van der Waals surface area (Å²) in [6.07, 6.45) is 4.21. The maximum Gasteiger partial charge on any atom is 0.178 e. The molecule has 0 spiro atoms. The van der Waals surface area contributed by atoms with Gasteiger partial charge in [-0.25, -0.2) is 0 Å². The van der Waals surface area contributed by atoms with Crippen molar-refractivity contribution in [1.82, 2.24) is 9.88 Å². The van der Waals surface area contributed by atoms with Gasteiger partial charge in [0.2, 0.25) is 0 Å². The zero-order valence-corrected chi connectivity index (χ0v) is 13.6. The summed E-state index contributed by atoms with van der Waals surface area (Å²) < 4.78 is 0.855. The lowest BCUT2D eigenvalue weighted by Crippen LogP contribution is -2.26. The van der Waals surface area contributed by atoms with Gasteiger partial charge >= 0.3 is 0 Å². The van der Waals surface area contributed by atoms with E-state index in [1.807, 2.05) is 37.4 Å². The topological polar surface area (TPSA) is 36.1 Å². The third-order valence-electron chi connectivity index (χ3n) is 3.87. The molecular formula is C16H18N2OS2. The smallest absolute Gasteiger partial charge is 0.178 e. The Labute approximate surface area is 134 Å². The lowest BCUT2D eigenvalue weighted by atomic mass is 10.1. The number of hydrogen-bond donors (Lipinski definition) is 1. The summed E-state index contributed by atoms with van der Waals surface area (Å²) in [6, 6.07) is 7.89. The molecule has 1 aromatic heterocycles. The van der Waals surface area contributed by atoms with Crippen LogP contribution in [0.3, 0.4) is 0 Å². The molecule has 0 unspecified atom stereocenters. The number of carbonyl (C=O) groups is 1. The molecule has 2 heterocycles. The van der Waals surface area contributed by atoms with Crippen LogP contribution < -0.4 is 0 Å². The van der Waals surface area contributed by atoms with Gasteiger partial charge in [-0.2, -0.15) is 0 Å². The normalized spacial score (nSPS) is 16.3. The number of fused-ring (bicyclic) bond motifs is 1. The van der Waals surface area contributed by atoms with Gasteiger partial charge in [0.15, 0.2) is 5.78 Å². The van der Waals surface area contributed by atoms with Crippen molar-refractivity contribution in [2.75, 3.05) is 13.1 Å². The molecule has 2 aromatic rings. The predicted molar refractivity (Wildman–Crippen MR) is 93.1 cm³/mol. The summed E-state index contributed by atoms with van der Waals surface area (Å²) in [4.78, 5) is 18.0. The quantitative estimate of drug-likeness (QED) is 0.689. The van der Waals surface area contributed by atoms with E-state index in [0.29, 0.717) is 0 Å². The molecule has 1 aromatic carbocycles. The number of carbonyl (C=O) groups excluding carboxylic acids is 1. The molecule has 0 amide bonds. The van der Waals surface area contributed by atoms with Crippen molar-refractivity contribution in [3.8, 4) is 0 Å². The number of rotatable bonds is 3. The second-order valence-corrected chi connectivity index (χ2v) is 7.31. The van der Waals surface area contributed by atoms with Gasteiger partial charge in [-0.3, -0.25) is 4.79 Å². The van der Waals surface area contributed by atoms with Crippen molar-refractivity contribution in [2.24, 2.45) is 0 Å². The minimum atomic E-state index is -0.155. The van der Waals surface area contributed by atoms with E-state index >= 15 is 0 Å². The maximum absolute atomic E-state index is 12.7. The molecule has 1 saturated heterocycles. The van der Waals surface area contributed by atoms with Crippen LogP contribution >= 0.6 is 24.0 Å². The summed E-state index contributed by atoms with van der Waals surface area (Å²) in [6.45, 7) is 4.00. The number of aromatic amines is 1. The van der Waals surface area contributed by atoms with E-state index < -0.39 is 0 Å². The lowest BCUT2D eigenvalue weighted by molar-refractivity contribution is 0.0996. The van der Waals surface area contributed by atoms with Crippen molar-refractivity contribution in [2.45, 2.75) is 25.0 Å². The second kappa shape index (κ2) is 6.20. The molecule has 21 heavy (non-hydrogen) atoms. The van der Waals surface area contributed by atoms with Gasteiger partial charge in [0, 0.05) is 35.8 Å². The number of aromatic nitrogens is 1. The average molecular weight is 318 g/mol. The first kappa shape index (κ1) is 14.6. The van der Waals surface area contributed by atoms with Gasteiger partial charge in [-0.1, -0.05) is 42.2 Å². The summed E-state index contributed by atoms with van der Waals surface area (Å²) in [7, 11) is 0. The van der Waals surface area contributed by atoms with Crippen LogP contribution in [-0.4, -0.2) is 38.3 Å². The Hall–Kier alpha value is -1.33. The van der Waals surface area contributed by atoms with E-state index in [1.54, 1.807) is 0 Å². The van der Waals surface area contributed by atoms with Crippen LogP contribution in [0, 0.1) is 0 Å². The number of nitrogens with one attached hydrogen (secondary N) is 1. The Kier molecular flexibility index (Phi) is 4.31. The molecular weight excluding hydrogens is 300 g/mol. The van der Waals surface area contributed by atoms with Crippen molar-refractivity contribution in [3.05, 3.63) is 36.0 Å². The highest BCUT2D eigenvalue weighted by molar-refractivity contribution is 8.23. The SMILES string of the molecule is C[C@@H](SC(=S)N1CCCC1)C(=O)c1c[nH]c2ccccc12. The highest BCUT2D eigenvalue weighted by atomic mass is 32.2. The number of hydrogen-bond acceptors (Lipinski definition) is 3. The van der Waals surface area contributed by atoms with Crippen molar-refractivity contribution in [1.29, 1.82) is 0 Å². The number of Topliss-reactive ketones (excluding diaryl/α,β-unsaturated/α-hetero) is 1. The number of thiocarbonyl (C=S) groups is 1. The molecule has 0 saturated carbocycles. The van der Waals surface area contributed by atoms with E-state index in [4.69, 9.17) is 12.2 Å². The van der Waals surface area contributed by atoms with Crippen LogP contribution in [0.25, 0.3) is 10.9 Å². The Morgan fingerprint density at radius 1 is 1.33 bits per heavy atom. The van der Waals surface area contributed by atoms with Gasteiger partial charge in [0.05, 0.1) is 5.25 Å². The standard InChI is InChI=1S/C16H18N2OS2/c1-11(21-16(20)18-8-4-5-9-18)15(19)13-10-17-14-7-3-2-6-12(13)14/h2-3,6-7,10-11,17H,4-5,8-9H2,1H3/t11-/m1/s1. The number of likely N-dealkylation sites (tertiary alicyclic amines) is 1. The van der Waals surface area contributed by atoms with Crippen molar-refractivity contribution in [3.63, 3.8) is 0 Å². The van der Waals surface area contributed by atoms with Crippen LogP contribution in [0.1, 0.15) is 30.1 Å². The Morgan fingerprint density at radius 3 is 2.81 bits per heavy atom. The van der Waals surface area contributed by atoms with E-state index in [2.05, 4.69) is 9.88 Å². The fraction of sp³-hybridized carbons (Fsp3) is 0.375. The molecule has 110 valence electrons. The number of ketones is 1. The summed E-state index contributed by atoms with van der Waals surface area (Å²) >= 11 is 6.97. The van der Waals surface area contributed by atoms with Crippen LogP contribution in [0.2, 0.25) is 0 Å². The van der Waals surface area contributed by atoms with Crippen LogP contribution in [-0.2, 0) is 0 Å². The molecule has 1 aliphatic rings. The number of H-pyrrole nitrogens is 1. The zero-order chi connectivity index (χ0) is 14.8. The van der Waals surface area contributed by atoms with Crippen molar-refractivity contribution < 1.29 is 4.79 Å². The van der Waals surface area contributed by atoms with Gasteiger partial charge in [-0.15, -0.1) is 0 Å². The predicted octanol–water partition coefficient (Wildman–Crippen LogP) is 3.85. The van der Waals surface area contributed by atoms with Crippen LogP contribution in [0.5, 0.6) is 0 Å². The van der Waals surface area contributed by atoms with Gasteiger partial charge < -0.3 is 9.88 Å². The summed E-state index contributed by atoms with van der Waals surface area (Å²) in [5.74, 6) is 0.138. The van der Waals surface area contributed by atoms with E-state index in [0.717, 1.165) is 33.9 Å². The molecule has 5 heteroatoms. The minimum Gasteiger partial charge on any atom is -0.360 e. The zero-order valence-electron chi connectivity index (χ0n) is 12.0. The van der Waals surface area contributed by atoms with Crippen LogP contribution in [0.15, 0.2) is 30.5 Å². The molecule has 1 fully saturated rings. The molecule has 1 aliphatic heterocycles. The Balaban J connectivity index is 1.73. The molecule has 0 aliphatic carbocycles. The fourth-order valence-corrected chi connectivity index (χ4v) is 4.16. The first-order valence-electron chi connectivity index (χ1n) is 7.22. The van der Waals surface area contributed by atoms with E-state index in [9.17, 15) is 4.79 Å². The number of nitrogens with zero attached hydrogens (tertiary/aromatic N) is 1. The van der Waals surface area contributed by atoms with Gasteiger partial charge in [0.25, 0.3) is 0 Å². The highest BCUT2D eigenvalue weighted by Gasteiger charge is 2.23. The molecule has 1 N–H and O–H groups in total. The number of benzene rings is 1. The molecule has 3 rings (SSSR count). The molecule has 0 radical (unpaired) electrons. The summed E-state index contributed by atoms with van der Waals surface area (Å²) in [5.41, 5.74) is 1.76. The highest BCUT2D eigenvalue weighted by Crippen LogP contribution is 2.26. The fourth-order valence-electron chi connectivity index (χ4n) is 2.67. The summed E-state index contributed by atoms with van der Waals surface area (Å²) in [5, 5.41) is 0.833. The third kappa shape index (κ3) is 2.99. The number of para-hydroxylation sites is 1. The largest absolute Gasteiger partial charge is 0.360 e.